The van der Waals surface area contributed by atoms with Gasteiger partial charge < -0.3 is 10.3 Å². The van der Waals surface area contributed by atoms with Crippen molar-refractivity contribution in [2.45, 2.75) is 18.8 Å². The molecule has 0 spiro atoms. The zero-order chi connectivity index (χ0) is 14.9. The molecule has 0 saturated carbocycles. The van der Waals surface area contributed by atoms with Crippen LogP contribution in [-0.4, -0.2) is 36.6 Å². The lowest BCUT2D eigenvalue weighted by Crippen LogP contribution is -2.05. The lowest BCUT2D eigenvalue weighted by atomic mass is 10.1. The van der Waals surface area contributed by atoms with Crippen molar-refractivity contribution in [1.82, 2.24) is 10.1 Å². The maximum Gasteiger partial charge on any atom is 0.257 e. The van der Waals surface area contributed by atoms with Gasteiger partial charge >= 0.3 is 0 Å². The van der Waals surface area contributed by atoms with Crippen molar-refractivity contribution in [3.05, 3.63) is 35.7 Å². The summed E-state index contributed by atoms with van der Waals surface area (Å²) < 4.78 is 28.2. The van der Waals surface area contributed by atoms with Crippen LogP contribution in [0.3, 0.4) is 0 Å². The van der Waals surface area contributed by atoms with Gasteiger partial charge in [0.05, 0.1) is 11.5 Å². The largest absolute Gasteiger partial charge is 0.334 e. The quantitative estimate of drug-likeness (QED) is 0.909. The fourth-order valence-corrected chi connectivity index (χ4v) is 4.24. The number of benzene rings is 1. The van der Waals surface area contributed by atoms with Gasteiger partial charge in [-0.1, -0.05) is 17.3 Å². The average molecular weight is 307 g/mol. The van der Waals surface area contributed by atoms with Gasteiger partial charge in [-0.25, -0.2) is 8.42 Å². The topological polar surface area (TPSA) is 99.1 Å². The number of nitrogens with zero attached hydrogens (tertiary/aromatic N) is 2. The van der Waals surface area contributed by atoms with Gasteiger partial charge in [-0.15, -0.1) is 0 Å². The van der Waals surface area contributed by atoms with Gasteiger partial charge in [-0.3, -0.25) is 0 Å². The van der Waals surface area contributed by atoms with E-state index < -0.39 is 9.84 Å². The first-order chi connectivity index (χ1) is 10.1. The van der Waals surface area contributed by atoms with E-state index in [-0.39, 0.29) is 17.4 Å². The predicted molar refractivity (Wildman–Crippen MR) is 78.5 cm³/mol. The fourth-order valence-electron chi connectivity index (χ4n) is 2.50. The molecule has 3 rings (SSSR count). The fraction of sp³-hybridized carbons (Fsp3) is 0.429. The molecule has 21 heavy (non-hydrogen) atoms. The van der Waals surface area contributed by atoms with Crippen LogP contribution in [0.4, 0.5) is 0 Å². The molecule has 2 N–H and O–H groups in total. The van der Waals surface area contributed by atoms with Crippen LogP contribution in [0.15, 0.2) is 28.8 Å². The highest BCUT2D eigenvalue weighted by Gasteiger charge is 2.32. The average Bonchev–Trinajstić information content (AvgIpc) is 3.06. The summed E-state index contributed by atoms with van der Waals surface area (Å²) in [5, 5.41) is 3.93. The molecule has 1 aromatic heterocycles. The summed E-state index contributed by atoms with van der Waals surface area (Å²) in [6.45, 7) is 0.611. The third-order valence-corrected chi connectivity index (χ3v) is 5.44. The minimum Gasteiger partial charge on any atom is -0.334 e. The Morgan fingerprint density at radius 2 is 2.05 bits per heavy atom. The van der Waals surface area contributed by atoms with Crippen molar-refractivity contribution in [3.63, 3.8) is 0 Å². The van der Waals surface area contributed by atoms with Crippen LogP contribution >= 0.6 is 0 Å². The first-order valence-corrected chi connectivity index (χ1v) is 8.73. The van der Waals surface area contributed by atoms with Crippen LogP contribution in [0, 0.1) is 0 Å². The second kappa shape index (κ2) is 5.57. The molecule has 0 amide bonds. The van der Waals surface area contributed by atoms with Crippen molar-refractivity contribution in [3.8, 4) is 11.5 Å². The Morgan fingerprint density at radius 3 is 2.67 bits per heavy atom. The Kier molecular flexibility index (Phi) is 3.77. The second-order valence-corrected chi connectivity index (χ2v) is 7.52. The third kappa shape index (κ3) is 3.14. The molecule has 1 saturated heterocycles. The maximum atomic E-state index is 11.5. The van der Waals surface area contributed by atoms with Crippen LogP contribution in [0.1, 0.15) is 23.7 Å². The van der Waals surface area contributed by atoms with E-state index in [9.17, 15) is 8.42 Å². The van der Waals surface area contributed by atoms with E-state index in [1.54, 1.807) is 0 Å². The molecule has 1 unspecified atom stereocenters. The summed E-state index contributed by atoms with van der Waals surface area (Å²) in [6, 6.07) is 7.78. The molecule has 112 valence electrons. The number of sulfone groups is 1. The molecule has 0 aliphatic carbocycles. The number of hydrogen-bond donors (Lipinski definition) is 1. The second-order valence-electron chi connectivity index (χ2n) is 5.29. The Balaban J connectivity index is 1.78. The Morgan fingerprint density at radius 1 is 1.29 bits per heavy atom. The minimum absolute atomic E-state index is 0.113. The molecule has 1 aliphatic heterocycles. The third-order valence-electron chi connectivity index (χ3n) is 3.67. The predicted octanol–water partition coefficient (Wildman–Crippen LogP) is 1.14. The van der Waals surface area contributed by atoms with Crippen molar-refractivity contribution >= 4 is 9.84 Å². The van der Waals surface area contributed by atoms with Crippen LogP contribution in [0.2, 0.25) is 0 Å². The SMILES string of the molecule is NCCc1ccc(-c2nc(C3CCS(=O)(=O)C3)no2)cc1. The molecule has 2 heterocycles. The Bertz CT molecular complexity index is 722. The number of aromatic nitrogens is 2. The van der Waals surface area contributed by atoms with Crippen LogP contribution < -0.4 is 5.73 Å². The Labute approximate surface area is 123 Å². The van der Waals surface area contributed by atoms with Crippen molar-refractivity contribution in [2.24, 2.45) is 5.73 Å². The van der Waals surface area contributed by atoms with E-state index in [1.807, 2.05) is 24.3 Å². The first kappa shape index (κ1) is 14.2. The molecule has 1 aromatic carbocycles. The van der Waals surface area contributed by atoms with Gasteiger partial charge in [0.15, 0.2) is 15.7 Å². The highest BCUT2D eigenvalue weighted by atomic mass is 32.2. The number of hydrogen-bond acceptors (Lipinski definition) is 6. The monoisotopic (exact) mass is 307 g/mol. The molecule has 1 fully saturated rings. The molecule has 1 atom stereocenters. The molecule has 6 nitrogen and oxygen atoms in total. The van der Waals surface area contributed by atoms with Crippen molar-refractivity contribution < 1.29 is 12.9 Å². The van der Waals surface area contributed by atoms with Gasteiger partial charge in [-0.05, 0) is 37.1 Å². The smallest absolute Gasteiger partial charge is 0.257 e. The van der Waals surface area contributed by atoms with E-state index in [4.69, 9.17) is 10.3 Å². The molecule has 0 bridgehead atoms. The van der Waals surface area contributed by atoms with Crippen LogP contribution in [0.5, 0.6) is 0 Å². The Hall–Kier alpha value is -1.73. The molecular formula is C14H17N3O3S. The van der Waals surface area contributed by atoms with E-state index >= 15 is 0 Å². The van der Waals surface area contributed by atoms with Gasteiger partial charge in [-0.2, -0.15) is 4.98 Å². The summed E-state index contributed by atoms with van der Waals surface area (Å²) in [7, 11) is -2.94. The van der Waals surface area contributed by atoms with Crippen LogP contribution in [-0.2, 0) is 16.3 Å². The molecule has 0 radical (unpaired) electrons. The molecule has 7 heteroatoms. The van der Waals surface area contributed by atoms with E-state index in [0.29, 0.717) is 24.7 Å². The standard InChI is InChI=1S/C14H17N3O3S/c15-7-5-10-1-3-11(4-2-10)14-16-13(17-20-14)12-6-8-21(18,19)9-12/h1-4,12H,5-9,15H2. The molecular weight excluding hydrogens is 290 g/mol. The minimum atomic E-state index is -2.94. The number of nitrogens with two attached hydrogens (primary N) is 1. The van der Waals surface area contributed by atoms with Gasteiger partial charge in [0.25, 0.3) is 5.89 Å². The molecule has 1 aliphatic rings. The highest BCUT2D eigenvalue weighted by molar-refractivity contribution is 7.91. The summed E-state index contributed by atoms with van der Waals surface area (Å²) >= 11 is 0. The summed E-state index contributed by atoms with van der Waals surface area (Å²) in [6.07, 6.45) is 1.39. The van der Waals surface area contributed by atoms with E-state index in [1.165, 1.54) is 0 Å². The van der Waals surface area contributed by atoms with Crippen LogP contribution in [0.25, 0.3) is 11.5 Å². The summed E-state index contributed by atoms with van der Waals surface area (Å²) in [5.74, 6) is 1.08. The van der Waals surface area contributed by atoms with E-state index in [2.05, 4.69) is 10.1 Å². The summed E-state index contributed by atoms with van der Waals surface area (Å²) in [4.78, 5) is 4.34. The zero-order valence-electron chi connectivity index (χ0n) is 11.5. The van der Waals surface area contributed by atoms with Gasteiger partial charge in [0.2, 0.25) is 0 Å². The van der Waals surface area contributed by atoms with E-state index in [0.717, 1.165) is 17.5 Å². The first-order valence-electron chi connectivity index (χ1n) is 6.91. The normalized spacial score (nSPS) is 20.7. The zero-order valence-corrected chi connectivity index (χ0v) is 12.3. The maximum absolute atomic E-state index is 11.5. The highest BCUT2D eigenvalue weighted by Crippen LogP contribution is 2.28. The lowest BCUT2D eigenvalue weighted by Gasteiger charge is -2.00. The lowest BCUT2D eigenvalue weighted by molar-refractivity contribution is 0.418. The molecule has 2 aromatic rings. The number of rotatable bonds is 4. The van der Waals surface area contributed by atoms with Crippen molar-refractivity contribution in [1.29, 1.82) is 0 Å². The van der Waals surface area contributed by atoms with Crippen molar-refractivity contribution in [2.75, 3.05) is 18.1 Å². The van der Waals surface area contributed by atoms with Gasteiger partial charge in [0, 0.05) is 11.5 Å². The summed E-state index contributed by atoms with van der Waals surface area (Å²) in [5.41, 5.74) is 7.50. The van der Waals surface area contributed by atoms with Gasteiger partial charge in [0.1, 0.15) is 0 Å².